The SMILES string of the molecule is N#Cc1c(N)nc2sc(C(=O)N3CCN(c4ccccc4F)CC3)c(N)c2c1-c1ccco1. The van der Waals surface area contributed by atoms with Gasteiger partial charge in [0.15, 0.2) is 0 Å². The molecule has 4 aromatic rings. The first-order chi connectivity index (χ1) is 16.0. The van der Waals surface area contributed by atoms with Crippen LogP contribution < -0.4 is 16.4 Å². The van der Waals surface area contributed by atoms with Crippen LogP contribution in [0.2, 0.25) is 0 Å². The average molecular weight is 463 g/mol. The number of nitrogens with zero attached hydrogens (tertiary/aromatic N) is 4. The molecule has 3 aromatic heterocycles. The highest BCUT2D eigenvalue weighted by Crippen LogP contribution is 2.43. The lowest BCUT2D eigenvalue weighted by atomic mass is 10.0. The van der Waals surface area contributed by atoms with Gasteiger partial charge >= 0.3 is 0 Å². The zero-order chi connectivity index (χ0) is 23.1. The van der Waals surface area contributed by atoms with Crippen molar-refractivity contribution in [3.63, 3.8) is 0 Å². The Labute approximate surface area is 192 Å². The van der Waals surface area contributed by atoms with E-state index in [4.69, 9.17) is 15.9 Å². The number of piperazine rings is 1. The van der Waals surface area contributed by atoms with Crippen LogP contribution in [0.4, 0.5) is 21.6 Å². The van der Waals surface area contributed by atoms with Crippen molar-refractivity contribution in [2.75, 3.05) is 42.5 Å². The molecule has 0 atom stereocenters. The van der Waals surface area contributed by atoms with Crippen LogP contribution in [-0.2, 0) is 0 Å². The first-order valence-electron chi connectivity index (χ1n) is 10.2. The molecule has 0 unspecified atom stereocenters. The Bertz CT molecular complexity index is 1400. The summed E-state index contributed by atoms with van der Waals surface area (Å²) < 4.78 is 19.6. The fourth-order valence-electron chi connectivity index (χ4n) is 4.11. The van der Waals surface area contributed by atoms with Crippen molar-refractivity contribution in [2.24, 2.45) is 0 Å². The quantitative estimate of drug-likeness (QED) is 0.475. The molecule has 4 heterocycles. The van der Waals surface area contributed by atoms with Gasteiger partial charge < -0.3 is 25.7 Å². The Hall–Kier alpha value is -4.10. The Morgan fingerprint density at radius 3 is 2.58 bits per heavy atom. The topological polar surface area (TPSA) is 125 Å². The number of para-hydroxylation sites is 1. The molecule has 0 radical (unpaired) electrons. The highest BCUT2D eigenvalue weighted by Gasteiger charge is 2.29. The maximum Gasteiger partial charge on any atom is 0.266 e. The van der Waals surface area contributed by atoms with E-state index in [-0.39, 0.29) is 28.8 Å². The fourth-order valence-corrected chi connectivity index (χ4v) is 5.19. The molecule has 33 heavy (non-hydrogen) atoms. The molecule has 1 amide bonds. The number of benzene rings is 1. The van der Waals surface area contributed by atoms with E-state index in [0.29, 0.717) is 58.3 Å². The molecule has 1 aliphatic rings. The van der Waals surface area contributed by atoms with Gasteiger partial charge in [-0.15, -0.1) is 11.3 Å². The van der Waals surface area contributed by atoms with Crippen molar-refractivity contribution < 1.29 is 13.6 Å². The number of aromatic nitrogens is 1. The molecule has 0 aliphatic carbocycles. The largest absolute Gasteiger partial charge is 0.464 e. The number of rotatable bonds is 3. The molecule has 0 bridgehead atoms. The molecule has 5 rings (SSSR count). The molecule has 1 fully saturated rings. The minimum absolute atomic E-state index is 0.0511. The number of furan rings is 1. The lowest BCUT2D eigenvalue weighted by Gasteiger charge is -2.36. The summed E-state index contributed by atoms with van der Waals surface area (Å²) in [5, 5.41) is 10.1. The van der Waals surface area contributed by atoms with Crippen molar-refractivity contribution in [1.29, 1.82) is 5.26 Å². The third-order valence-electron chi connectivity index (χ3n) is 5.74. The summed E-state index contributed by atoms with van der Waals surface area (Å²) >= 11 is 1.14. The van der Waals surface area contributed by atoms with Crippen LogP contribution in [-0.4, -0.2) is 42.0 Å². The van der Waals surface area contributed by atoms with Crippen LogP contribution >= 0.6 is 11.3 Å². The Morgan fingerprint density at radius 1 is 1.15 bits per heavy atom. The number of anilines is 3. The second-order valence-electron chi connectivity index (χ2n) is 7.59. The maximum atomic E-state index is 14.1. The number of nitrogen functional groups attached to an aromatic ring is 2. The first-order valence-corrected chi connectivity index (χ1v) is 11.1. The molecule has 0 saturated carbocycles. The summed E-state index contributed by atoms with van der Waals surface area (Å²) in [5.41, 5.74) is 13.8. The number of hydrogen-bond acceptors (Lipinski definition) is 8. The zero-order valence-corrected chi connectivity index (χ0v) is 18.2. The lowest BCUT2D eigenvalue weighted by Crippen LogP contribution is -2.49. The van der Waals surface area contributed by atoms with E-state index in [2.05, 4.69) is 11.1 Å². The van der Waals surface area contributed by atoms with Gasteiger partial charge in [-0.2, -0.15) is 5.26 Å². The third-order valence-corrected chi connectivity index (χ3v) is 6.83. The number of hydrogen-bond donors (Lipinski definition) is 2. The smallest absolute Gasteiger partial charge is 0.266 e. The van der Waals surface area contributed by atoms with E-state index in [9.17, 15) is 14.4 Å². The summed E-state index contributed by atoms with van der Waals surface area (Å²) in [5.74, 6) is -0.0394. The predicted molar refractivity (Wildman–Crippen MR) is 125 cm³/mol. The van der Waals surface area contributed by atoms with Gasteiger partial charge in [-0.3, -0.25) is 4.79 Å². The molecule has 166 valence electrons. The van der Waals surface area contributed by atoms with Crippen LogP contribution in [0.1, 0.15) is 15.2 Å². The Kier molecular flexibility index (Phi) is 5.11. The number of nitriles is 1. The molecule has 0 spiro atoms. The van der Waals surface area contributed by atoms with Crippen molar-refractivity contribution in [1.82, 2.24) is 9.88 Å². The van der Waals surface area contributed by atoms with Gasteiger partial charge in [0, 0.05) is 31.6 Å². The number of carbonyl (C=O) groups is 1. The van der Waals surface area contributed by atoms with Crippen molar-refractivity contribution in [3.8, 4) is 17.4 Å². The summed E-state index contributed by atoms with van der Waals surface area (Å²) in [4.78, 5) is 22.1. The van der Waals surface area contributed by atoms with Gasteiger partial charge in [-0.1, -0.05) is 12.1 Å². The summed E-state index contributed by atoms with van der Waals surface area (Å²) in [6, 6.07) is 12.1. The van der Waals surface area contributed by atoms with Crippen molar-refractivity contribution in [3.05, 3.63) is 58.9 Å². The number of thiophene rings is 1. The van der Waals surface area contributed by atoms with Gasteiger partial charge in [0.2, 0.25) is 0 Å². The minimum atomic E-state index is -0.284. The molecule has 10 heteroatoms. The van der Waals surface area contributed by atoms with E-state index in [1.54, 1.807) is 35.2 Å². The fraction of sp³-hybridized carbons (Fsp3) is 0.174. The maximum absolute atomic E-state index is 14.1. The number of nitrogens with two attached hydrogens (primary N) is 2. The third kappa shape index (κ3) is 3.43. The lowest BCUT2D eigenvalue weighted by molar-refractivity contribution is 0.0752. The molecule has 1 saturated heterocycles. The molecule has 1 aromatic carbocycles. The second-order valence-corrected chi connectivity index (χ2v) is 8.59. The van der Waals surface area contributed by atoms with E-state index in [0.717, 1.165) is 11.3 Å². The van der Waals surface area contributed by atoms with Crippen LogP contribution in [0.3, 0.4) is 0 Å². The Morgan fingerprint density at radius 2 is 1.91 bits per heavy atom. The standard InChI is InChI=1S/C23H19FN6O2S/c24-14-4-1-2-5-15(14)29-7-9-30(10-8-29)23(31)20-19(26)18-17(16-6-3-11-32-16)13(12-25)21(27)28-22(18)33-20/h1-6,11H,7-10,26H2,(H2,27,28). The van der Waals surface area contributed by atoms with Gasteiger partial charge in [-0.25, -0.2) is 9.37 Å². The summed E-state index contributed by atoms with van der Waals surface area (Å²) in [6.45, 7) is 1.84. The molecular weight excluding hydrogens is 443 g/mol. The second kappa shape index (κ2) is 8.11. The normalized spacial score (nSPS) is 13.9. The van der Waals surface area contributed by atoms with Crippen LogP contribution in [0.5, 0.6) is 0 Å². The van der Waals surface area contributed by atoms with Crippen molar-refractivity contribution >= 4 is 44.7 Å². The number of fused-ring (bicyclic) bond motifs is 1. The molecule has 8 nitrogen and oxygen atoms in total. The number of halogens is 1. The van der Waals surface area contributed by atoms with Crippen LogP contribution in [0, 0.1) is 17.1 Å². The number of pyridine rings is 1. The summed E-state index contributed by atoms with van der Waals surface area (Å²) in [7, 11) is 0. The van der Waals surface area contributed by atoms with E-state index < -0.39 is 0 Å². The number of amides is 1. The average Bonchev–Trinajstić information content (AvgIpc) is 3.47. The van der Waals surface area contributed by atoms with Gasteiger partial charge in [0.1, 0.15) is 38.7 Å². The van der Waals surface area contributed by atoms with E-state index >= 15 is 0 Å². The van der Waals surface area contributed by atoms with Crippen molar-refractivity contribution in [2.45, 2.75) is 0 Å². The minimum Gasteiger partial charge on any atom is -0.464 e. The monoisotopic (exact) mass is 462 g/mol. The molecule has 4 N–H and O–H groups in total. The van der Waals surface area contributed by atoms with Crippen LogP contribution in [0.25, 0.3) is 21.5 Å². The zero-order valence-electron chi connectivity index (χ0n) is 17.4. The van der Waals surface area contributed by atoms with Gasteiger partial charge in [0.25, 0.3) is 5.91 Å². The highest BCUT2D eigenvalue weighted by atomic mass is 32.1. The number of carbonyl (C=O) groups excluding carboxylic acids is 1. The Balaban J connectivity index is 1.48. The molecular formula is C23H19FN6O2S. The highest BCUT2D eigenvalue weighted by molar-refractivity contribution is 7.21. The van der Waals surface area contributed by atoms with Gasteiger partial charge in [0.05, 0.1) is 23.2 Å². The molecule has 1 aliphatic heterocycles. The predicted octanol–water partition coefficient (Wildman–Crippen LogP) is 3.69. The van der Waals surface area contributed by atoms with Gasteiger partial charge in [-0.05, 0) is 24.3 Å². The first kappa shape index (κ1) is 20.8. The van der Waals surface area contributed by atoms with E-state index in [1.165, 1.54) is 12.3 Å². The van der Waals surface area contributed by atoms with E-state index in [1.807, 2.05) is 4.90 Å². The van der Waals surface area contributed by atoms with Crippen LogP contribution in [0.15, 0.2) is 47.1 Å². The summed E-state index contributed by atoms with van der Waals surface area (Å²) in [6.07, 6.45) is 1.49.